The van der Waals surface area contributed by atoms with Gasteiger partial charge in [0.2, 0.25) is 5.88 Å². The Bertz CT molecular complexity index is 888. The summed E-state index contributed by atoms with van der Waals surface area (Å²) in [6.45, 7) is 6.24. The van der Waals surface area contributed by atoms with Crippen molar-refractivity contribution in [3.8, 4) is 5.69 Å². The van der Waals surface area contributed by atoms with Crippen LogP contribution in [0, 0.1) is 13.8 Å². The van der Waals surface area contributed by atoms with Crippen molar-refractivity contribution in [3.05, 3.63) is 71.2 Å². The molecule has 5 heteroatoms. The zero-order valence-electron chi connectivity index (χ0n) is 14.5. The van der Waals surface area contributed by atoms with E-state index in [2.05, 4.69) is 15.6 Å². The molecule has 2 aromatic heterocycles. The molecule has 3 rings (SSSR count). The fraction of sp³-hybridized carbons (Fsp3) is 0.200. The third-order valence-electron chi connectivity index (χ3n) is 3.94. The van der Waals surface area contributed by atoms with Crippen LogP contribution in [0.4, 0.5) is 5.88 Å². The van der Waals surface area contributed by atoms with Crippen molar-refractivity contribution in [2.24, 2.45) is 4.99 Å². The van der Waals surface area contributed by atoms with Gasteiger partial charge < -0.3 is 13.7 Å². The fourth-order valence-corrected chi connectivity index (χ4v) is 2.75. The summed E-state index contributed by atoms with van der Waals surface area (Å²) in [5.41, 5.74) is 4.70. The maximum Gasteiger partial charge on any atom is 0.338 e. The highest BCUT2D eigenvalue weighted by molar-refractivity contribution is 5.89. The quantitative estimate of drug-likeness (QED) is 0.505. The van der Waals surface area contributed by atoms with Crippen molar-refractivity contribution in [3.63, 3.8) is 0 Å². The highest BCUT2D eigenvalue weighted by Crippen LogP contribution is 2.21. The number of aliphatic imine (C=N–C) groups is 1. The van der Waals surface area contributed by atoms with Crippen molar-refractivity contribution >= 4 is 18.1 Å². The molecule has 0 aliphatic carbocycles. The van der Waals surface area contributed by atoms with Gasteiger partial charge >= 0.3 is 5.97 Å². The van der Waals surface area contributed by atoms with Crippen molar-refractivity contribution in [2.45, 2.75) is 20.8 Å². The Morgan fingerprint density at radius 2 is 2.00 bits per heavy atom. The van der Waals surface area contributed by atoms with Gasteiger partial charge in [0.05, 0.1) is 18.4 Å². The van der Waals surface area contributed by atoms with Gasteiger partial charge in [0.15, 0.2) is 0 Å². The minimum absolute atomic E-state index is 0.304. The van der Waals surface area contributed by atoms with Crippen molar-refractivity contribution in [2.75, 3.05) is 6.61 Å². The number of nitrogens with zero attached hydrogens (tertiary/aromatic N) is 2. The number of furan rings is 1. The van der Waals surface area contributed by atoms with Gasteiger partial charge in [-0.1, -0.05) is 0 Å². The van der Waals surface area contributed by atoms with Gasteiger partial charge in [0, 0.05) is 34.9 Å². The summed E-state index contributed by atoms with van der Waals surface area (Å²) in [4.78, 5) is 16.1. The Hall–Kier alpha value is -3.08. The number of hydrogen-bond donors (Lipinski definition) is 0. The summed E-state index contributed by atoms with van der Waals surface area (Å²) in [7, 11) is 0. The van der Waals surface area contributed by atoms with E-state index in [0.717, 1.165) is 22.6 Å². The lowest BCUT2D eigenvalue weighted by Gasteiger charge is -2.10. The first-order valence-electron chi connectivity index (χ1n) is 8.14. The summed E-state index contributed by atoms with van der Waals surface area (Å²) in [5.74, 6) is 0.268. The minimum atomic E-state index is -0.304. The molecule has 0 amide bonds. The highest BCUT2D eigenvalue weighted by Gasteiger charge is 2.11. The molecule has 1 aromatic carbocycles. The fourth-order valence-electron chi connectivity index (χ4n) is 2.75. The number of ether oxygens (including phenoxy) is 1. The number of benzene rings is 1. The summed E-state index contributed by atoms with van der Waals surface area (Å²) in [6, 6.07) is 13.1. The van der Waals surface area contributed by atoms with Gasteiger partial charge in [-0.05, 0) is 57.2 Å². The van der Waals surface area contributed by atoms with Gasteiger partial charge in [-0.25, -0.2) is 9.79 Å². The second kappa shape index (κ2) is 7.21. The monoisotopic (exact) mass is 336 g/mol. The van der Waals surface area contributed by atoms with Crippen LogP contribution in [0.25, 0.3) is 5.69 Å². The summed E-state index contributed by atoms with van der Waals surface area (Å²) >= 11 is 0. The molecular weight excluding hydrogens is 316 g/mol. The van der Waals surface area contributed by atoms with Crippen LogP contribution in [0.3, 0.4) is 0 Å². The lowest BCUT2D eigenvalue weighted by atomic mass is 10.2. The number of rotatable bonds is 5. The van der Waals surface area contributed by atoms with Crippen LogP contribution >= 0.6 is 0 Å². The third kappa shape index (κ3) is 3.55. The van der Waals surface area contributed by atoms with Crippen LogP contribution in [0.1, 0.15) is 34.2 Å². The van der Waals surface area contributed by atoms with Crippen molar-refractivity contribution in [1.82, 2.24) is 4.57 Å². The van der Waals surface area contributed by atoms with Crippen molar-refractivity contribution < 1.29 is 13.9 Å². The van der Waals surface area contributed by atoms with Gasteiger partial charge in [-0.2, -0.15) is 0 Å². The average Bonchev–Trinajstić information content (AvgIpc) is 3.21. The third-order valence-corrected chi connectivity index (χ3v) is 3.94. The number of carbonyl (C=O) groups excluding carboxylic acids is 1. The number of hydrogen-bond acceptors (Lipinski definition) is 4. The van der Waals surface area contributed by atoms with Gasteiger partial charge in [-0.15, -0.1) is 0 Å². The molecule has 25 heavy (non-hydrogen) atoms. The second-order valence-electron chi connectivity index (χ2n) is 5.64. The maximum atomic E-state index is 11.8. The Morgan fingerprint density at radius 3 is 2.64 bits per heavy atom. The second-order valence-corrected chi connectivity index (χ2v) is 5.64. The van der Waals surface area contributed by atoms with E-state index in [0.29, 0.717) is 18.1 Å². The van der Waals surface area contributed by atoms with E-state index in [-0.39, 0.29) is 5.97 Å². The summed E-state index contributed by atoms with van der Waals surface area (Å²) in [5, 5.41) is 0. The van der Waals surface area contributed by atoms with E-state index < -0.39 is 0 Å². The molecule has 3 aromatic rings. The normalized spacial score (nSPS) is 11.2. The lowest BCUT2D eigenvalue weighted by molar-refractivity contribution is 0.0526. The molecule has 0 radical (unpaired) electrons. The van der Waals surface area contributed by atoms with E-state index >= 15 is 0 Å². The van der Waals surface area contributed by atoms with E-state index in [1.807, 2.05) is 32.0 Å². The largest absolute Gasteiger partial charge is 0.462 e. The first-order valence-corrected chi connectivity index (χ1v) is 8.14. The smallest absolute Gasteiger partial charge is 0.338 e. The maximum absolute atomic E-state index is 11.8. The molecule has 0 saturated heterocycles. The Kier molecular flexibility index (Phi) is 4.84. The van der Waals surface area contributed by atoms with Gasteiger partial charge in [0.25, 0.3) is 0 Å². The van der Waals surface area contributed by atoms with Gasteiger partial charge in [-0.3, -0.25) is 0 Å². The van der Waals surface area contributed by atoms with E-state index in [9.17, 15) is 4.79 Å². The molecule has 2 heterocycles. The first kappa shape index (κ1) is 16.8. The molecule has 5 nitrogen and oxygen atoms in total. The summed E-state index contributed by atoms with van der Waals surface area (Å²) in [6.07, 6.45) is 3.39. The zero-order valence-corrected chi connectivity index (χ0v) is 14.5. The lowest BCUT2D eigenvalue weighted by Crippen LogP contribution is -2.05. The van der Waals surface area contributed by atoms with Crippen LogP contribution in [-0.2, 0) is 4.74 Å². The molecule has 0 aliphatic rings. The number of esters is 1. The molecule has 0 saturated carbocycles. The summed E-state index contributed by atoms with van der Waals surface area (Å²) < 4.78 is 12.4. The Morgan fingerprint density at radius 1 is 1.24 bits per heavy atom. The van der Waals surface area contributed by atoms with E-state index in [1.165, 1.54) is 0 Å². The van der Waals surface area contributed by atoms with E-state index in [1.54, 1.807) is 37.6 Å². The number of aromatic nitrogens is 1. The van der Waals surface area contributed by atoms with Crippen LogP contribution in [0.2, 0.25) is 0 Å². The van der Waals surface area contributed by atoms with Crippen LogP contribution in [0.5, 0.6) is 0 Å². The average molecular weight is 336 g/mol. The molecule has 0 spiro atoms. The minimum Gasteiger partial charge on any atom is -0.462 e. The highest BCUT2D eigenvalue weighted by atomic mass is 16.5. The molecule has 128 valence electrons. The molecule has 0 bridgehead atoms. The zero-order chi connectivity index (χ0) is 17.8. The van der Waals surface area contributed by atoms with Crippen LogP contribution in [-0.4, -0.2) is 23.4 Å². The number of aryl methyl sites for hydroxylation is 1. The number of carbonyl (C=O) groups is 1. The van der Waals surface area contributed by atoms with E-state index in [4.69, 9.17) is 9.15 Å². The Labute approximate surface area is 146 Å². The molecular formula is C20H20N2O3. The SMILES string of the molecule is CCOC(=O)c1ccc(-n2c(C)cc(C=Nc3ccco3)c2C)cc1. The predicted molar refractivity (Wildman–Crippen MR) is 97.2 cm³/mol. The predicted octanol–water partition coefficient (Wildman–Crippen LogP) is 4.61. The van der Waals surface area contributed by atoms with Gasteiger partial charge in [0.1, 0.15) is 0 Å². The van der Waals surface area contributed by atoms with Crippen LogP contribution in [0.15, 0.2) is 58.1 Å². The molecule has 0 aliphatic heterocycles. The topological polar surface area (TPSA) is 56.7 Å². The standard InChI is InChI=1S/C20H20N2O3/c1-4-24-20(23)16-7-9-18(10-8-16)22-14(2)12-17(15(22)3)13-21-19-6-5-11-25-19/h5-13H,4H2,1-3H3. The molecule has 0 atom stereocenters. The molecule has 0 unspecified atom stereocenters. The Balaban J connectivity index is 1.89. The van der Waals surface area contributed by atoms with Crippen molar-refractivity contribution in [1.29, 1.82) is 0 Å². The molecule has 0 fully saturated rings. The first-order chi connectivity index (χ1) is 12.1. The van der Waals surface area contributed by atoms with Crippen LogP contribution < -0.4 is 0 Å². The molecule has 0 N–H and O–H groups in total.